The van der Waals surface area contributed by atoms with Gasteiger partial charge in [0.2, 0.25) is 5.88 Å². The highest BCUT2D eigenvalue weighted by Gasteiger charge is 2.44. The van der Waals surface area contributed by atoms with Crippen molar-refractivity contribution in [3.8, 4) is 5.88 Å². The molecule has 7 nitrogen and oxygen atoms in total. The van der Waals surface area contributed by atoms with E-state index in [1.807, 2.05) is 6.07 Å². The van der Waals surface area contributed by atoms with E-state index in [9.17, 15) is 18.3 Å². The van der Waals surface area contributed by atoms with E-state index in [4.69, 9.17) is 16.3 Å². The fraction of sp³-hybridized carbons (Fsp3) is 0.370. The van der Waals surface area contributed by atoms with Crippen molar-refractivity contribution in [2.24, 2.45) is 10.2 Å². The largest absolute Gasteiger partial charge is 0.492 e. The van der Waals surface area contributed by atoms with Crippen molar-refractivity contribution in [3.63, 3.8) is 0 Å². The highest BCUT2D eigenvalue weighted by Crippen LogP contribution is 2.42. The Morgan fingerprint density at radius 3 is 2.77 bits per heavy atom. The molecule has 0 spiro atoms. The molecule has 39 heavy (non-hydrogen) atoms. The van der Waals surface area contributed by atoms with Crippen LogP contribution in [-0.2, 0) is 17.3 Å². The fourth-order valence-electron chi connectivity index (χ4n) is 5.65. The maximum Gasteiger partial charge on any atom is 0.416 e. The van der Waals surface area contributed by atoms with Crippen LogP contribution < -0.4 is 15.5 Å². The molecule has 1 aromatic heterocycles. The van der Waals surface area contributed by atoms with Crippen LogP contribution in [0.3, 0.4) is 0 Å². The first kappa shape index (κ1) is 26.2. The maximum atomic E-state index is 14.0. The number of alkyl halides is 3. The molecule has 0 radical (unpaired) electrons. The molecule has 2 aromatic carbocycles. The van der Waals surface area contributed by atoms with Crippen LogP contribution in [0.4, 0.5) is 18.3 Å². The predicted octanol–water partition coefficient (Wildman–Crippen LogP) is 3.84. The summed E-state index contributed by atoms with van der Waals surface area (Å²) in [6.07, 6.45) is -2.05. The number of thiazole rings is 1. The quantitative estimate of drug-likeness (QED) is 0.463. The van der Waals surface area contributed by atoms with Crippen molar-refractivity contribution in [2.45, 2.75) is 31.1 Å². The highest BCUT2D eigenvalue weighted by molar-refractivity contribution is 7.17. The van der Waals surface area contributed by atoms with E-state index in [2.05, 4.69) is 25.0 Å². The van der Waals surface area contributed by atoms with Crippen molar-refractivity contribution in [1.82, 2.24) is 9.88 Å². The molecule has 2 saturated heterocycles. The lowest BCUT2D eigenvalue weighted by molar-refractivity contribution is -0.138. The van der Waals surface area contributed by atoms with Gasteiger partial charge in [0, 0.05) is 55.8 Å². The second kappa shape index (κ2) is 10.2. The Balaban J connectivity index is 1.41. The summed E-state index contributed by atoms with van der Waals surface area (Å²) in [5.41, 5.74) is 0.555. The number of piperazine rings is 1. The second-order valence-electron chi connectivity index (χ2n) is 9.91. The number of aromatic nitrogens is 1. The average Bonchev–Trinajstić information content (AvgIpc) is 3.69. The van der Waals surface area contributed by atoms with Crippen LogP contribution in [-0.4, -0.2) is 66.6 Å². The van der Waals surface area contributed by atoms with Crippen molar-refractivity contribution < 1.29 is 23.0 Å². The summed E-state index contributed by atoms with van der Waals surface area (Å²) in [6.45, 7) is 3.21. The number of methoxy groups -OCH3 is 1. The number of ether oxygens (including phenoxy) is 1. The molecule has 12 heteroatoms. The van der Waals surface area contributed by atoms with Gasteiger partial charge in [-0.05, 0) is 47.0 Å². The van der Waals surface area contributed by atoms with Crippen LogP contribution in [0.1, 0.15) is 28.0 Å². The number of rotatable bonds is 7. The number of likely N-dealkylation sites (tertiary alicyclic amines) is 1. The van der Waals surface area contributed by atoms with E-state index in [0.717, 1.165) is 37.7 Å². The Hall–Kier alpha value is -2.99. The Bertz CT molecular complexity index is 1570. The fourth-order valence-corrected chi connectivity index (χ4v) is 6.92. The number of benzene rings is 2. The highest BCUT2D eigenvalue weighted by atomic mass is 35.5. The maximum absolute atomic E-state index is 14.0. The second-order valence-corrected chi connectivity index (χ2v) is 11.3. The third-order valence-corrected chi connectivity index (χ3v) is 8.91. The first-order valence-corrected chi connectivity index (χ1v) is 13.7. The minimum absolute atomic E-state index is 0.00883. The minimum atomic E-state index is -4.58. The van der Waals surface area contributed by atoms with Crippen molar-refractivity contribution in [3.05, 3.63) is 73.6 Å². The van der Waals surface area contributed by atoms with E-state index in [0.29, 0.717) is 38.8 Å². The zero-order valence-electron chi connectivity index (χ0n) is 21.0. The zero-order valence-corrected chi connectivity index (χ0v) is 22.5. The van der Waals surface area contributed by atoms with E-state index in [-0.39, 0.29) is 28.9 Å². The monoisotopic (exact) mass is 575 g/mol. The van der Waals surface area contributed by atoms with Crippen LogP contribution in [0, 0.1) is 0 Å². The summed E-state index contributed by atoms with van der Waals surface area (Å²) < 4.78 is 47.1. The van der Waals surface area contributed by atoms with Crippen LogP contribution in [0.25, 0.3) is 5.57 Å². The van der Waals surface area contributed by atoms with Gasteiger partial charge in [-0.25, -0.2) is 0 Å². The van der Waals surface area contributed by atoms with Gasteiger partial charge in [-0.3, -0.25) is 4.90 Å². The van der Waals surface area contributed by atoms with Gasteiger partial charge < -0.3 is 14.7 Å². The van der Waals surface area contributed by atoms with Crippen LogP contribution in [0.15, 0.2) is 46.6 Å². The molecule has 3 aromatic rings. The summed E-state index contributed by atoms with van der Waals surface area (Å²) in [5, 5.41) is 21.1. The minimum Gasteiger partial charge on any atom is -0.492 e. The Morgan fingerprint density at radius 1 is 1.18 bits per heavy atom. The molecule has 204 valence electrons. The first-order chi connectivity index (χ1) is 18.7. The third kappa shape index (κ3) is 5.04. The molecular formula is C27H25ClF3N5O2S. The number of anilines is 1. The predicted molar refractivity (Wildman–Crippen MR) is 144 cm³/mol. The van der Waals surface area contributed by atoms with Gasteiger partial charge in [-0.1, -0.05) is 35.1 Å². The van der Waals surface area contributed by atoms with Crippen molar-refractivity contribution in [2.75, 3.05) is 38.3 Å². The van der Waals surface area contributed by atoms with E-state index in [1.54, 1.807) is 25.5 Å². The molecule has 2 atom stereocenters. The molecule has 2 fully saturated rings. The summed E-state index contributed by atoms with van der Waals surface area (Å²) in [7, 11) is 1.69. The average molecular weight is 576 g/mol. The molecule has 0 saturated carbocycles. The summed E-state index contributed by atoms with van der Waals surface area (Å²) in [6, 6.07) is 9.83. The van der Waals surface area contributed by atoms with Crippen molar-refractivity contribution >= 4 is 39.9 Å². The molecule has 2 bridgehead atoms. The Kier molecular flexibility index (Phi) is 6.86. The van der Waals surface area contributed by atoms with Gasteiger partial charge in [0.25, 0.3) is 0 Å². The number of halogens is 4. The number of aromatic hydroxyl groups is 1. The van der Waals surface area contributed by atoms with Gasteiger partial charge >= 0.3 is 6.18 Å². The molecule has 0 amide bonds. The van der Waals surface area contributed by atoms with Gasteiger partial charge in [0.1, 0.15) is 0 Å². The number of hydrogen-bond acceptors (Lipinski definition) is 8. The molecule has 1 N–H and O–H groups in total. The van der Waals surface area contributed by atoms with Crippen LogP contribution >= 0.6 is 22.9 Å². The SMILES string of the molecule is COCCN1CC2CC1CN2c1nc(O)c(C(Cc2ccc(Cl)cc2C(F)(F)F)=c2ccc3c(c2)C=NN=3)s1. The lowest BCUT2D eigenvalue weighted by Gasteiger charge is -2.33. The summed E-state index contributed by atoms with van der Waals surface area (Å²) in [4.78, 5) is 9.55. The smallest absolute Gasteiger partial charge is 0.416 e. The van der Waals surface area contributed by atoms with Gasteiger partial charge in [0.05, 0.1) is 28.6 Å². The normalized spacial score (nSPS) is 21.0. The topological polar surface area (TPSA) is 73.5 Å². The van der Waals surface area contributed by atoms with Gasteiger partial charge in [-0.2, -0.15) is 28.4 Å². The van der Waals surface area contributed by atoms with Gasteiger partial charge in [-0.15, -0.1) is 0 Å². The first-order valence-electron chi connectivity index (χ1n) is 12.5. The number of fused-ring (bicyclic) bond motifs is 3. The Morgan fingerprint density at radius 2 is 2.03 bits per heavy atom. The third-order valence-electron chi connectivity index (χ3n) is 7.54. The van der Waals surface area contributed by atoms with E-state index in [1.165, 1.54) is 23.5 Å². The summed E-state index contributed by atoms with van der Waals surface area (Å²) >= 11 is 7.24. The Labute approximate surface area is 231 Å². The van der Waals surface area contributed by atoms with Crippen LogP contribution in [0.5, 0.6) is 5.88 Å². The lowest BCUT2D eigenvalue weighted by Crippen LogP contribution is -2.47. The summed E-state index contributed by atoms with van der Waals surface area (Å²) in [5.74, 6) is -0.189. The molecule has 6 rings (SSSR count). The molecule has 3 aliphatic heterocycles. The van der Waals surface area contributed by atoms with Gasteiger partial charge in [0.15, 0.2) is 5.13 Å². The van der Waals surface area contributed by atoms with Crippen LogP contribution in [0.2, 0.25) is 5.02 Å². The number of nitrogens with zero attached hydrogens (tertiary/aromatic N) is 5. The van der Waals surface area contributed by atoms with E-state index >= 15 is 0 Å². The molecule has 3 aliphatic rings. The molecule has 2 unspecified atom stereocenters. The molecule has 0 aliphatic carbocycles. The standard InChI is InChI=1S/C27H25ClF3N5O2S/c1-38-7-6-35-13-20-11-19(35)14-36(20)26-33-25(37)24(39-26)21(15-3-5-23-17(8-15)12-32-34-23)9-16-2-4-18(28)10-22(16)27(29,30)31/h2-5,8,10,12,19-20,37H,6-7,9,11,13-14H2,1H3. The molecule has 4 heterocycles. The molecular weight excluding hydrogens is 551 g/mol. The van der Waals surface area contributed by atoms with Crippen molar-refractivity contribution in [1.29, 1.82) is 0 Å². The lowest BCUT2D eigenvalue weighted by atomic mass is 9.96. The van der Waals surface area contributed by atoms with E-state index < -0.39 is 11.7 Å². The zero-order chi connectivity index (χ0) is 27.3. The number of hydrogen-bond donors (Lipinski definition) is 1.